The molecular formula is C12H14AsN5O5. The van der Waals surface area contributed by atoms with Gasteiger partial charge >= 0.3 is 133 Å². The zero-order chi connectivity index (χ0) is 17.0. The molecule has 1 aromatic heterocycles. The predicted molar refractivity (Wildman–Crippen MR) is 79.0 cm³/mol. The van der Waals surface area contributed by atoms with E-state index in [0.717, 1.165) is 0 Å². The molecule has 0 bridgehead atoms. The summed E-state index contributed by atoms with van der Waals surface area (Å²) in [6.07, 6.45) is 1.36. The summed E-state index contributed by atoms with van der Waals surface area (Å²) >= 11 is -4.91. The van der Waals surface area contributed by atoms with Crippen LogP contribution in [0.4, 0.5) is 11.5 Å². The van der Waals surface area contributed by atoms with Crippen LogP contribution in [0.15, 0.2) is 40.8 Å². The number of carbonyl (C=O) groups is 1. The van der Waals surface area contributed by atoms with Gasteiger partial charge in [0.2, 0.25) is 0 Å². The van der Waals surface area contributed by atoms with Crippen molar-refractivity contribution in [1.29, 1.82) is 0 Å². The van der Waals surface area contributed by atoms with Crippen LogP contribution in [-0.4, -0.2) is 49.4 Å². The number of aromatic amines is 1. The Bertz CT molecular complexity index is 766. The number of rotatable bonds is 6. The molecule has 0 unspecified atom stereocenters. The molecule has 0 saturated heterocycles. The van der Waals surface area contributed by atoms with E-state index >= 15 is 0 Å². The summed E-state index contributed by atoms with van der Waals surface area (Å²) < 4.78 is 29.2. The maximum atomic E-state index is 11.1. The number of H-pyrrole nitrogens is 1. The van der Waals surface area contributed by atoms with Gasteiger partial charge < -0.3 is 0 Å². The molecule has 0 fully saturated rings. The van der Waals surface area contributed by atoms with Gasteiger partial charge in [-0.3, -0.25) is 0 Å². The van der Waals surface area contributed by atoms with Crippen LogP contribution in [0.5, 0.6) is 0 Å². The van der Waals surface area contributed by atoms with Gasteiger partial charge in [0.25, 0.3) is 0 Å². The fourth-order valence-corrected chi connectivity index (χ4v) is 2.80. The van der Waals surface area contributed by atoms with E-state index in [9.17, 15) is 8.53 Å². The molecule has 0 aliphatic carbocycles. The molecule has 1 heterocycles. The van der Waals surface area contributed by atoms with E-state index < -0.39 is 26.2 Å². The van der Waals surface area contributed by atoms with Gasteiger partial charge in [-0.1, -0.05) is 0 Å². The Hall–Kier alpha value is -2.26. The molecule has 0 aliphatic rings. The molecule has 0 spiro atoms. The van der Waals surface area contributed by atoms with E-state index in [1.165, 1.54) is 30.6 Å². The quantitative estimate of drug-likeness (QED) is 0.325. The van der Waals surface area contributed by atoms with Gasteiger partial charge in [-0.05, 0) is 0 Å². The standard InChI is InChI=1S/C12H14AsN5O5/c14-9(12(19)20)5-10-11(16-6-15-10)18-17-8-3-1-7(2-4-8)13(21,22)23/h1-4,6,9H,5,14H2,(H,15,16)(H,19,20)(H2,21,22,23)/t9-/m0/s1. The fraction of sp³-hybridized carbons (Fsp3) is 0.167. The van der Waals surface area contributed by atoms with Gasteiger partial charge in [-0.15, -0.1) is 0 Å². The molecule has 1 aromatic carbocycles. The number of nitrogens with two attached hydrogens (primary N) is 1. The van der Waals surface area contributed by atoms with E-state index in [0.29, 0.717) is 11.4 Å². The number of nitrogens with zero attached hydrogens (tertiary/aromatic N) is 3. The SMILES string of the molecule is N[C@@H](Cc1[nH]cnc1N=Nc1ccc([As](=O)(O)O)cc1)C(=O)O. The van der Waals surface area contributed by atoms with Crippen molar-refractivity contribution in [3.05, 3.63) is 36.3 Å². The summed E-state index contributed by atoms with van der Waals surface area (Å²) in [7, 11) is 0. The van der Waals surface area contributed by atoms with Crippen molar-refractivity contribution in [2.24, 2.45) is 16.0 Å². The van der Waals surface area contributed by atoms with E-state index in [1.54, 1.807) is 0 Å². The minimum atomic E-state index is -4.91. The number of nitrogens with one attached hydrogen (secondary N) is 1. The van der Waals surface area contributed by atoms with Crippen LogP contribution < -0.4 is 10.1 Å². The monoisotopic (exact) mass is 383 g/mol. The Morgan fingerprint density at radius 3 is 2.52 bits per heavy atom. The third-order valence-corrected chi connectivity index (χ3v) is 4.92. The van der Waals surface area contributed by atoms with Crippen molar-refractivity contribution in [3.63, 3.8) is 0 Å². The fourth-order valence-electron chi connectivity index (χ4n) is 1.68. The predicted octanol–water partition coefficient (Wildman–Crippen LogP) is -0.660. The number of carboxylic acids is 1. The average molecular weight is 383 g/mol. The van der Waals surface area contributed by atoms with Crippen molar-refractivity contribution in [2.45, 2.75) is 12.5 Å². The zero-order valence-corrected chi connectivity index (χ0v) is 13.6. The number of hydrogen-bond donors (Lipinski definition) is 5. The number of hydrogen-bond acceptors (Lipinski definition) is 6. The molecule has 2 rings (SSSR count). The van der Waals surface area contributed by atoms with Crippen LogP contribution in [-0.2, 0) is 15.0 Å². The Morgan fingerprint density at radius 1 is 1.30 bits per heavy atom. The summed E-state index contributed by atoms with van der Waals surface area (Å²) in [5.74, 6) is -0.942. The third kappa shape index (κ3) is 4.60. The normalized spacial score (nSPS) is 13.3. The van der Waals surface area contributed by atoms with Crippen molar-refractivity contribution in [1.82, 2.24) is 9.97 Å². The first-order chi connectivity index (χ1) is 10.8. The molecule has 11 heteroatoms. The number of aromatic nitrogens is 2. The van der Waals surface area contributed by atoms with E-state index in [1.807, 2.05) is 0 Å². The Labute approximate surface area is 133 Å². The molecule has 0 radical (unpaired) electrons. The van der Waals surface area contributed by atoms with Gasteiger partial charge in [0.15, 0.2) is 0 Å². The van der Waals surface area contributed by atoms with Gasteiger partial charge in [-0.25, -0.2) is 0 Å². The van der Waals surface area contributed by atoms with Crippen molar-refractivity contribution in [3.8, 4) is 0 Å². The second-order valence-electron chi connectivity index (χ2n) is 4.61. The molecule has 2 aromatic rings. The Balaban J connectivity index is 2.13. The van der Waals surface area contributed by atoms with Crippen LogP contribution in [0.1, 0.15) is 5.69 Å². The average Bonchev–Trinajstić information content (AvgIpc) is 2.91. The molecule has 0 saturated carbocycles. The van der Waals surface area contributed by atoms with Crippen LogP contribution in [0.3, 0.4) is 0 Å². The summed E-state index contributed by atoms with van der Waals surface area (Å²) in [6.45, 7) is 0. The first kappa shape index (κ1) is 17.1. The number of benzene rings is 1. The van der Waals surface area contributed by atoms with Crippen LogP contribution in [0.25, 0.3) is 0 Å². The van der Waals surface area contributed by atoms with Crippen LogP contribution >= 0.6 is 0 Å². The molecule has 6 N–H and O–H groups in total. The minimum absolute atomic E-state index is 0.0171. The number of aliphatic carboxylic acids is 1. The van der Waals surface area contributed by atoms with E-state index in [2.05, 4.69) is 20.2 Å². The second kappa shape index (κ2) is 6.88. The van der Waals surface area contributed by atoms with E-state index in [-0.39, 0.29) is 16.6 Å². The first-order valence-corrected chi connectivity index (χ1v) is 9.74. The van der Waals surface area contributed by atoms with Gasteiger partial charge in [0, 0.05) is 0 Å². The Kier molecular flexibility index (Phi) is 5.11. The molecule has 0 amide bonds. The number of azo groups is 1. The maximum absolute atomic E-state index is 11.1. The first-order valence-electron chi connectivity index (χ1n) is 6.36. The summed E-state index contributed by atoms with van der Waals surface area (Å²) in [5.41, 5.74) is 6.25. The molecule has 0 aliphatic heterocycles. The second-order valence-corrected chi connectivity index (χ2v) is 7.98. The van der Waals surface area contributed by atoms with Crippen molar-refractivity contribution >= 4 is 36.0 Å². The summed E-state index contributed by atoms with van der Waals surface area (Å²) in [6, 6.07) is 4.29. The number of imidazole rings is 1. The zero-order valence-electron chi connectivity index (χ0n) is 11.7. The van der Waals surface area contributed by atoms with Crippen LogP contribution in [0, 0.1) is 0 Å². The third-order valence-electron chi connectivity index (χ3n) is 2.88. The van der Waals surface area contributed by atoms with Crippen molar-refractivity contribution in [2.75, 3.05) is 0 Å². The molecule has 10 nitrogen and oxygen atoms in total. The molecule has 1 atom stereocenters. The van der Waals surface area contributed by atoms with Crippen molar-refractivity contribution < 1.29 is 21.8 Å². The van der Waals surface area contributed by atoms with Gasteiger partial charge in [0.1, 0.15) is 0 Å². The molecule has 122 valence electrons. The van der Waals surface area contributed by atoms with Gasteiger partial charge in [0.05, 0.1) is 0 Å². The summed E-state index contributed by atoms with van der Waals surface area (Å²) in [4.78, 5) is 17.4. The number of carboxylic acid groups (broad SMARTS) is 1. The summed E-state index contributed by atoms with van der Waals surface area (Å²) in [5, 5.41) is 16.6. The Morgan fingerprint density at radius 2 is 1.96 bits per heavy atom. The van der Waals surface area contributed by atoms with Crippen LogP contribution in [0.2, 0.25) is 0 Å². The van der Waals surface area contributed by atoms with E-state index in [4.69, 9.17) is 19.0 Å². The van der Waals surface area contributed by atoms with Gasteiger partial charge in [-0.2, -0.15) is 0 Å². The topological polar surface area (TPSA) is 174 Å². The molecule has 23 heavy (non-hydrogen) atoms. The molecular weight excluding hydrogens is 369 g/mol.